The average molecular weight is 206 g/mol. The zero-order valence-corrected chi connectivity index (χ0v) is 10.2. The van der Waals surface area contributed by atoms with Crippen molar-refractivity contribution in [3.63, 3.8) is 0 Å². The smallest absolute Gasteiger partial charge is 0.136 e. The van der Waals surface area contributed by atoms with E-state index in [-0.39, 0.29) is 5.92 Å². The van der Waals surface area contributed by atoms with Gasteiger partial charge >= 0.3 is 0 Å². The fourth-order valence-corrected chi connectivity index (χ4v) is 1.83. The molecule has 0 heterocycles. The van der Waals surface area contributed by atoms with Gasteiger partial charge in [-0.2, -0.15) is 0 Å². The average Bonchev–Trinajstić information content (AvgIpc) is 2.23. The summed E-state index contributed by atoms with van der Waals surface area (Å²) in [4.78, 5) is 11.7. The lowest BCUT2D eigenvalue weighted by molar-refractivity contribution is -0.122. The molecule has 1 unspecified atom stereocenters. The summed E-state index contributed by atoms with van der Waals surface area (Å²) in [6.45, 7) is 6.34. The number of hydrogen-bond acceptors (Lipinski definition) is 1. The zero-order chi connectivity index (χ0) is 11.3. The first-order valence-corrected chi connectivity index (χ1v) is 5.93. The summed E-state index contributed by atoms with van der Waals surface area (Å²) < 4.78 is 0. The lowest BCUT2D eigenvalue weighted by atomic mass is 9.97. The molecule has 0 aromatic carbocycles. The van der Waals surface area contributed by atoms with E-state index < -0.39 is 0 Å². The minimum atomic E-state index is 0.200. The van der Waals surface area contributed by atoms with Gasteiger partial charge < -0.3 is 0 Å². The van der Waals surface area contributed by atoms with Crippen LogP contribution in [0.1, 0.15) is 52.9 Å². The predicted molar refractivity (Wildman–Crippen MR) is 64.8 cm³/mol. The number of carbonyl (C=O) groups is 1. The Morgan fingerprint density at radius 2 is 1.73 bits per heavy atom. The summed E-state index contributed by atoms with van der Waals surface area (Å²) in [5, 5.41) is 0. The van der Waals surface area contributed by atoms with Gasteiger partial charge in [0.15, 0.2) is 0 Å². The fraction of sp³-hybridized carbons (Fsp3) is 0.643. The molecule has 1 nitrogen and oxygen atoms in total. The van der Waals surface area contributed by atoms with Crippen LogP contribution in [-0.2, 0) is 4.79 Å². The van der Waals surface area contributed by atoms with Crippen molar-refractivity contribution >= 4 is 5.78 Å². The lowest BCUT2D eigenvalue weighted by Crippen LogP contribution is -2.09. The van der Waals surface area contributed by atoms with Crippen LogP contribution in [0.4, 0.5) is 0 Å². The van der Waals surface area contributed by atoms with Crippen LogP contribution in [0.5, 0.6) is 0 Å². The number of hydrogen-bond donors (Lipinski definition) is 0. The van der Waals surface area contributed by atoms with Crippen LogP contribution in [0.15, 0.2) is 23.3 Å². The molecule has 1 aliphatic rings. The van der Waals surface area contributed by atoms with Crippen LogP contribution < -0.4 is 0 Å². The van der Waals surface area contributed by atoms with Crippen molar-refractivity contribution in [3.05, 3.63) is 23.3 Å². The monoisotopic (exact) mass is 206 g/mol. The number of ketones is 1. The summed E-state index contributed by atoms with van der Waals surface area (Å²) in [6, 6.07) is 0. The van der Waals surface area contributed by atoms with Crippen molar-refractivity contribution in [1.82, 2.24) is 0 Å². The van der Waals surface area contributed by atoms with Gasteiger partial charge in [-0.05, 0) is 39.5 Å². The SMILES string of the molecule is CC1=CCC/C(C)=C/CC(C)C(=O)CC1. The van der Waals surface area contributed by atoms with E-state index in [0.717, 1.165) is 32.1 Å². The van der Waals surface area contributed by atoms with Gasteiger partial charge in [0.2, 0.25) is 0 Å². The molecule has 0 aliphatic heterocycles. The van der Waals surface area contributed by atoms with Gasteiger partial charge in [0.05, 0.1) is 0 Å². The standard InChI is InChI=1S/C14H22O/c1-11-5-4-6-12(2)8-10-14(15)13(3)9-7-11/h6-7,13H,4-5,8-10H2,1-3H3/b11-7+,12-6?. The molecule has 0 bridgehead atoms. The topological polar surface area (TPSA) is 17.1 Å². The van der Waals surface area contributed by atoms with E-state index in [4.69, 9.17) is 0 Å². The highest BCUT2D eigenvalue weighted by Gasteiger charge is 2.12. The number of rotatable bonds is 0. The molecule has 15 heavy (non-hydrogen) atoms. The van der Waals surface area contributed by atoms with Crippen molar-refractivity contribution in [3.8, 4) is 0 Å². The van der Waals surface area contributed by atoms with Crippen molar-refractivity contribution in [2.45, 2.75) is 52.9 Å². The van der Waals surface area contributed by atoms with E-state index >= 15 is 0 Å². The van der Waals surface area contributed by atoms with Crippen molar-refractivity contribution in [2.24, 2.45) is 5.92 Å². The summed E-state index contributed by atoms with van der Waals surface area (Å²) in [6.07, 6.45) is 9.36. The Labute approximate surface area is 93.3 Å². The highest BCUT2D eigenvalue weighted by molar-refractivity contribution is 5.81. The molecule has 0 aromatic rings. The molecule has 1 heteroatoms. The molecule has 0 saturated carbocycles. The number of allylic oxidation sites excluding steroid dienone is 4. The molecule has 0 N–H and O–H groups in total. The first-order chi connectivity index (χ1) is 7.09. The Morgan fingerprint density at radius 3 is 2.47 bits per heavy atom. The Bertz CT molecular complexity index is 284. The van der Waals surface area contributed by atoms with Gasteiger partial charge in [-0.1, -0.05) is 30.2 Å². The fourth-order valence-electron chi connectivity index (χ4n) is 1.83. The molecular formula is C14H22O. The third kappa shape index (κ3) is 4.46. The van der Waals surface area contributed by atoms with Crippen molar-refractivity contribution in [2.75, 3.05) is 0 Å². The first-order valence-electron chi connectivity index (χ1n) is 5.93. The Kier molecular flexibility index (Phi) is 4.80. The van der Waals surface area contributed by atoms with E-state index in [1.807, 2.05) is 6.92 Å². The number of carbonyl (C=O) groups excluding carboxylic acids is 1. The largest absolute Gasteiger partial charge is 0.299 e. The molecule has 0 spiro atoms. The minimum absolute atomic E-state index is 0.200. The first kappa shape index (κ1) is 12.2. The van der Waals surface area contributed by atoms with E-state index in [2.05, 4.69) is 26.0 Å². The summed E-state index contributed by atoms with van der Waals surface area (Å²) in [5.41, 5.74) is 2.78. The van der Waals surface area contributed by atoms with Crippen molar-refractivity contribution in [1.29, 1.82) is 0 Å². The molecule has 0 saturated heterocycles. The normalized spacial score (nSPS) is 28.7. The summed E-state index contributed by atoms with van der Waals surface area (Å²) in [5.74, 6) is 0.611. The second-order valence-corrected chi connectivity index (χ2v) is 4.74. The Hall–Kier alpha value is -0.850. The van der Waals surface area contributed by atoms with Crippen LogP contribution >= 0.6 is 0 Å². The van der Waals surface area contributed by atoms with Gasteiger partial charge in [-0.15, -0.1) is 0 Å². The maximum Gasteiger partial charge on any atom is 0.136 e. The highest BCUT2D eigenvalue weighted by Crippen LogP contribution is 2.17. The summed E-state index contributed by atoms with van der Waals surface area (Å²) in [7, 11) is 0. The van der Waals surface area contributed by atoms with Gasteiger partial charge in [-0.25, -0.2) is 0 Å². The third-order valence-corrected chi connectivity index (χ3v) is 3.17. The van der Waals surface area contributed by atoms with E-state index in [1.54, 1.807) is 0 Å². The predicted octanol–water partition coefficient (Wildman–Crippen LogP) is 4.05. The second-order valence-electron chi connectivity index (χ2n) is 4.74. The van der Waals surface area contributed by atoms with E-state index in [0.29, 0.717) is 5.78 Å². The lowest BCUT2D eigenvalue weighted by Gasteiger charge is -2.07. The third-order valence-electron chi connectivity index (χ3n) is 3.17. The van der Waals surface area contributed by atoms with Crippen LogP contribution in [0, 0.1) is 5.92 Å². The molecular weight excluding hydrogens is 184 g/mol. The molecule has 1 aliphatic carbocycles. The molecule has 0 amide bonds. The van der Waals surface area contributed by atoms with Crippen LogP contribution in [0.3, 0.4) is 0 Å². The van der Waals surface area contributed by atoms with Gasteiger partial charge in [0, 0.05) is 12.3 Å². The maximum absolute atomic E-state index is 11.7. The van der Waals surface area contributed by atoms with E-state index in [1.165, 1.54) is 11.1 Å². The maximum atomic E-state index is 11.7. The molecule has 1 rings (SSSR count). The Balaban J connectivity index is 2.70. The zero-order valence-electron chi connectivity index (χ0n) is 10.2. The highest BCUT2D eigenvalue weighted by atomic mass is 16.1. The Morgan fingerprint density at radius 1 is 1.07 bits per heavy atom. The second kappa shape index (κ2) is 5.89. The van der Waals surface area contributed by atoms with Crippen LogP contribution in [0.25, 0.3) is 0 Å². The molecule has 1 atom stereocenters. The van der Waals surface area contributed by atoms with Gasteiger partial charge in [-0.3, -0.25) is 4.79 Å². The van der Waals surface area contributed by atoms with Crippen molar-refractivity contribution < 1.29 is 4.79 Å². The van der Waals surface area contributed by atoms with Crippen LogP contribution in [0.2, 0.25) is 0 Å². The molecule has 0 radical (unpaired) electrons. The minimum Gasteiger partial charge on any atom is -0.299 e. The van der Waals surface area contributed by atoms with Gasteiger partial charge in [0.1, 0.15) is 5.78 Å². The van der Waals surface area contributed by atoms with Crippen LogP contribution in [-0.4, -0.2) is 5.78 Å². The molecule has 0 aromatic heterocycles. The molecule has 0 fully saturated rings. The van der Waals surface area contributed by atoms with E-state index in [9.17, 15) is 4.79 Å². The van der Waals surface area contributed by atoms with Gasteiger partial charge in [0.25, 0.3) is 0 Å². The number of Topliss-reactive ketones (excluding diaryl/α,β-unsaturated/α-hetero) is 1. The molecule has 84 valence electrons. The quantitative estimate of drug-likeness (QED) is 0.546. The summed E-state index contributed by atoms with van der Waals surface area (Å²) >= 11 is 0.